The highest BCUT2D eigenvalue weighted by molar-refractivity contribution is 8.03. The Kier molecular flexibility index (Phi) is 3.90. The zero-order valence-electron chi connectivity index (χ0n) is 10.2. The molecule has 1 aromatic carbocycles. The Bertz CT molecular complexity index is 661. The van der Waals surface area contributed by atoms with E-state index in [4.69, 9.17) is 23.2 Å². The number of fused-ring (bicyclic) bond motifs is 1. The van der Waals surface area contributed by atoms with Gasteiger partial charge in [0.15, 0.2) is 0 Å². The molecule has 0 radical (unpaired) electrons. The lowest BCUT2D eigenvalue weighted by atomic mass is 9.99. The number of halogens is 6. The number of hydrogen-bond donors (Lipinski definition) is 1. The van der Waals surface area contributed by atoms with Gasteiger partial charge in [0.2, 0.25) is 0 Å². The summed E-state index contributed by atoms with van der Waals surface area (Å²) in [5, 5.41) is 6.68. The first kappa shape index (κ1) is 15.7. The molecule has 9 heteroatoms. The van der Waals surface area contributed by atoms with E-state index in [0.717, 1.165) is 0 Å². The average molecular weight is 347 g/mol. The molecule has 20 heavy (non-hydrogen) atoms. The smallest absolute Gasteiger partial charge is 0.276 e. The lowest BCUT2D eigenvalue weighted by Crippen LogP contribution is -2.10. The molecule has 0 spiro atoms. The van der Waals surface area contributed by atoms with E-state index in [2.05, 4.69) is 10.2 Å². The number of nitrogens with one attached hydrogen (secondary N) is 1. The molecule has 0 amide bonds. The number of aromatic nitrogens is 2. The average Bonchev–Trinajstić information content (AvgIpc) is 2.57. The Morgan fingerprint density at radius 2 is 1.80 bits per heavy atom. The summed E-state index contributed by atoms with van der Waals surface area (Å²) in [4.78, 5) is 0. The molecule has 0 saturated heterocycles. The van der Waals surface area contributed by atoms with Gasteiger partial charge in [0.25, 0.3) is 0 Å². The molecular formula is C11H8Cl2F4N2S. The number of rotatable bonds is 2. The monoisotopic (exact) mass is 346 g/mol. The second kappa shape index (κ2) is 4.96. The van der Waals surface area contributed by atoms with E-state index >= 15 is 0 Å². The number of aryl methyl sites for hydroxylation is 2. The molecule has 1 aromatic heterocycles. The number of aromatic amines is 1. The van der Waals surface area contributed by atoms with Crippen molar-refractivity contribution >= 4 is 45.9 Å². The van der Waals surface area contributed by atoms with E-state index in [1.165, 1.54) is 19.9 Å². The van der Waals surface area contributed by atoms with Gasteiger partial charge >= 0.3 is 10.1 Å². The Balaban J connectivity index is 2.67. The second-order valence-electron chi connectivity index (χ2n) is 4.19. The summed E-state index contributed by atoms with van der Waals surface area (Å²) in [6, 6.07) is 1.29. The maximum Gasteiger partial charge on any atom is 0.416 e. The summed E-state index contributed by atoms with van der Waals surface area (Å²) < 4.78 is 49.5. The minimum absolute atomic E-state index is 0.000420. The highest BCUT2D eigenvalue weighted by Gasteiger charge is 2.36. The third kappa shape index (κ3) is 2.99. The molecule has 2 rings (SSSR count). The summed E-state index contributed by atoms with van der Waals surface area (Å²) in [5.41, 5.74) is -0.517. The largest absolute Gasteiger partial charge is 0.416 e. The van der Waals surface area contributed by atoms with E-state index in [0.29, 0.717) is 17.1 Å². The molecule has 0 saturated carbocycles. The predicted octanol–water partition coefficient (Wildman–Crippen LogP) is 5.35. The fourth-order valence-corrected chi connectivity index (χ4v) is 3.11. The molecule has 0 aliphatic rings. The lowest BCUT2D eigenvalue weighted by molar-refractivity contribution is -0.138. The van der Waals surface area contributed by atoms with E-state index in [1.54, 1.807) is 0 Å². The van der Waals surface area contributed by atoms with Crippen LogP contribution in [0.3, 0.4) is 0 Å². The third-order valence-electron chi connectivity index (χ3n) is 2.77. The van der Waals surface area contributed by atoms with Crippen LogP contribution in [-0.4, -0.2) is 14.1 Å². The Hall–Kier alpha value is -0.660. The van der Waals surface area contributed by atoms with Crippen molar-refractivity contribution < 1.29 is 17.6 Å². The van der Waals surface area contributed by atoms with E-state index in [9.17, 15) is 17.6 Å². The molecule has 2 nitrogen and oxygen atoms in total. The van der Waals surface area contributed by atoms with Crippen LogP contribution in [0.2, 0.25) is 0 Å². The topological polar surface area (TPSA) is 28.7 Å². The van der Waals surface area contributed by atoms with Gasteiger partial charge in [-0.1, -0.05) is 23.2 Å². The zero-order valence-corrected chi connectivity index (χ0v) is 12.5. The number of hydrogen-bond acceptors (Lipinski definition) is 2. The highest BCUT2D eigenvalue weighted by Crippen LogP contribution is 2.45. The third-order valence-corrected chi connectivity index (χ3v) is 3.97. The fourth-order valence-electron chi connectivity index (χ4n) is 2.09. The first-order valence-electron chi connectivity index (χ1n) is 5.32. The second-order valence-corrected chi connectivity index (χ2v) is 7.03. The van der Waals surface area contributed by atoms with Crippen molar-refractivity contribution in [1.82, 2.24) is 10.2 Å². The first-order valence-corrected chi connectivity index (χ1v) is 6.89. The normalized spacial score (nSPS) is 13.2. The molecule has 2 aromatic rings. The van der Waals surface area contributed by atoms with Crippen molar-refractivity contribution in [3.63, 3.8) is 0 Å². The molecule has 1 heterocycles. The summed E-state index contributed by atoms with van der Waals surface area (Å²) in [7, 11) is 0. The predicted molar refractivity (Wildman–Crippen MR) is 72.0 cm³/mol. The minimum atomic E-state index is -4.47. The molecular weight excluding hydrogens is 339 g/mol. The molecule has 0 fully saturated rings. The quantitative estimate of drug-likeness (QED) is 0.451. The van der Waals surface area contributed by atoms with Gasteiger partial charge in [0.05, 0.1) is 11.1 Å². The van der Waals surface area contributed by atoms with Gasteiger partial charge in [0.1, 0.15) is 5.03 Å². The summed E-state index contributed by atoms with van der Waals surface area (Å²) in [5.74, 6) is 0. The van der Waals surface area contributed by atoms with Crippen LogP contribution in [0.4, 0.5) is 17.6 Å². The molecule has 0 aliphatic carbocycles. The van der Waals surface area contributed by atoms with Gasteiger partial charge in [-0.3, -0.25) is 5.10 Å². The fraction of sp³-hybridized carbons (Fsp3) is 0.364. The van der Waals surface area contributed by atoms with Crippen LogP contribution in [0.25, 0.3) is 10.9 Å². The van der Waals surface area contributed by atoms with Gasteiger partial charge in [-0.25, -0.2) is 0 Å². The van der Waals surface area contributed by atoms with Crippen LogP contribution < -0.4 is 0 Å². The van der Waals surface area contributed by atoms with Crippen molar-refractivity contribution in [2.24, 2.45) is 0 Å². The summed E-state index contributed by atoms with van der Waals surface area (Å²) in [6.45, 7) is 2.66. The molecule has 0 unspecified atom stereocenters. The number of nitrogens with zero attached hydrogens (tertiary/aromatic N) is 1. The van der Waals surface area contributed by atoms with Gasteiger partial charge < -0.3 is 0 Å². The molecule has 0 atom stereocenters. The SMILES string of the molecule is Cc1cc2c(SC(F)(Cl)Cl)n[nH]c2c(C)c1C(F)(F)F. The number of alkyl halides is 6. The summed E-state index contributed by atoms with van der Waals surface area (Å²) in [6.07, 6.45) is -4.47. The van der Waals surface area contributed by atoms with Crippen molar-refractivity contribution in [1.29, 1.82) is 0 Å². The Morgan fingerprint density at radius 3 is 2.30 bits per heavy atom. The van der Waals surface area contributed by atoms with Crippen LogP contribution in [0, 0.1) is 13.8 Å². The van der Waals surface area contributed by atoms with Gasteiger partial charge in [0, 0.05) is 5.39 Å². The lowest BCUT2D eigenvalue weighted by Gasteiger charge is -2.14. The highest BCUT2D eigenvalue weighted by atomic mass is 35.5. The van der Waals surface area contributed by atoms with Crippen molar-refractivity contribution in [3.05, 3.63) is 22.8 Å². The number of H-pyrrole nitrogens is 1. The molecule has 110 valence electrons. The minimum Gasteiger partial charge on any atom is -0.276 e. The van der Waals surface area contributed by atoms with Gasteiger partial charge in [-0.2, -0.15) is 22.7 Å². The van der Waals surface area contributed by atoms with E-state index in [-0.39, 0.29) is 21.7 Å². The van der Waals surface area contributed by atoms with Gasteiger partial charge in [-0.05, 0) is 42.8 Å². The summed E-state index contributed by atoms with van der Waals surface area (Å²) >= 11 is 10.9. The van der Waals surface area contributed by atoms with Crippen LogP contribution in [0.5, 0.6) is 0 Å². The maximum atomic E-state index is 13.2. The molecule has 0 aliphatic heterocycles. The number of benzene rings is 1. The maximum absolute atomic E-state index is 13.2. The zero-order chi connectivity index (χ0) is 15.3. The molecule has 1 N–H and O–H groups in total. The van der Waals surface area contributed by atoms with E-state index < -0.39 is 15.7 Å². The van der Waals surface area contributed by atoms with Crippen LogP contribution >= 0.6 is 35.0 Å². The van der Waals surface area contributed by atoms with Crippen molar-refractivity contribution in [2.45, 2.75) is 29.0 Å². The van der Waals surface area contributed by atoms with E-state index in [1.807, 2.05) is 0 Å². The first-order chi connectivity index (χ1) is 9.00. The molecule has 0 bridgehead atoms. The van der Waals surface area contributed by atoms with Crippen molar-refractivity contribution in [2.75, 3.05) is 0 Å². The van der Waals surface area contributed by atoms with Gasteiger partial charge in [-0.15, -0.1) is 0 Å². The standard InChI is InChI=1S/C11H8Cl2F4N2S/c1-4-3-6-8(5(2)7(4)10(14,15)16)18-19-9(6)20-11(12,13)17/h3H,1-2H3,(H,18,19). The van der Waals surface area contributed by atoms with Crippen LogP contribution in [0.15, 0.2) is 11.1 Å². The number of thioether (sulfide) groups is 1. The van der Waals surface area contributed by atoms with Crippen LogP contribution in [0.1, 0.15) is 16.7 Å². The Labute approximate surface area is 125 Å². The Morgan fingerprint density at radius 1 is 1.20 bits per heavy atom. The van der Waals surface area contributed by atoms with Crippen LogP contribution in [-0.2, 0) is 6.18 Å². The van der Waals surface area contributed by atoms with Crippen molar-refractivity contribution in [3.8, 4) is 0 Å².